The van der Waals surface area contributed by atoms with Crippen LogP contribution in [-0.2, 0) is 37.1 Å². The number of nitrogens with one attached hydrogen (secondary N) is 3. The average molecular weight is 576 g/mol. The number of anilines is 2. The highest BCUT2D eigenvalue weighted by atomic mass is 16.5. The average Bonchev–Trinajstić information content (AvgIpc) is 3.63. The summed E-state index contributed by atoms with van der Waals surface area (Å²) in [5.74, 6) is -1.33. The van der Waals surface area contributed by atoms with Gasteiger partial charge in [-0.2, -0.15) is 0 Å². The SMILES string of the molecule is CC(C)(N)C(=O)N[C@H](COCc1ccccc1)C(=O)Nc1cn(CC(=O)N2CCC[C@H]2C(=O)Nc2ccccc2)cn1. The van der Waals surface area contributed by atoms with Crippen LogP contribution in [0.15, 0.2) is 73.2 Å². The molecule has 5 N–H and O–H groups in total. The molecular weight excluding hydrogens is 538 g/mol. The Hall–Kier alpha value is -4.55. The molecule has 1 aromatic heterocycles. The van der Waals surface area contributed by atoms with Gasteiger partial charge >= 0.3 is 0 Å². The van der Waals surface area contributed by atoms with Crippen molar-refractivity contribution in [3.05, 3.63) is 78.8 Å². The van der Waals surface area contributed by atoms with Crippen molar-refractivity contribution in [2.24, 2.45) is 5.73 Å². The van der Waals surface area contributed by atoms with Gasteiger partial charge in [-0.3, -0.25) is 19.2 Å². The van der Waals surface area contributed by atoms with Crippen LogP contribution in [0.25, 0.3) is 0 Å². The van der Waals surface area contributed by atoms with Crippen molar-refractivity contribution in [3.63, 3.8) is 0 Å². The van der Waals surface area contributed by atoms with Gasteiger partial charge in [-0.25, -0.2) is 4.98 Å². The number of hydrogen-bond donors (Lipinski definition) is 4. The molecule has 42 heavy (non-hydrogen) atoms. The van der Waals surface area contributed by atoms with Crippen LogP contribution in [-0.4, -0.2) is 68.9 Å². The second-order valence-electron chi connectivity index (χ2n) is 10.8. The Morgan fingerprint density at radius 2 is 1.74 bits per heavy atom. The number of para-hydroxylation sites is 1. The number of likely N-dealkylation sites (tertiary alicyclic amines) is 1. The second kappa shape index (κ2) is 13.9. The molecule has 2 aromatic carbocycles. The van der Waals surface area contributed by atoms with Crippen LogP contribution in [0.4, 0.5) is 11.5 Å². The summed E-state index contributed by atoms with van der Waals surface area (Å²) in [7, 11) is 0. The van der Waals surface area contributed by atoms with Gasteiger partial charge in [-0.05, 0) is 44.4 Å². The minimum atomic E-state index is -1.20. The van der Waals surface area contributed by atoms with Crippen molar-refractivity contribution < 1.29 is 23.9 Å². The van der Waals surface area contributed by atoms with Crippen LogP contribution in [0.1, 0.15) is 32.3 Å². The first kappa shape index (κ1) is 30.4. The van der Waals surface area contributed by atoms with Crippen molar-refractivity contribution in [1.82, 2.24) is 19.8 Å². The zero-order valence-corrected chi connectivity index (χ0v) is 23.8. The minimum absolute atomic E-state index is 0.0559. The number of carbonyl (C=O) groups excluding carboxylic acids is 4. The van der Waals surface area contributed by atoms with Crippen LogP contribution in [0.5, 0.6) is 0 Å². The molecule has 0 spiro atoms. The molecule has 0 bridgehead atoms. The first-order valence-corrected chi connectivity index (χ1v) is 13.8. The summed E-state index contributed by atoms with van der Waals surface area (Å²) < 4.78 is 7.24. The first-order chi connectivity index (χ1) is 20.1. The number of ether oxygens (including phenoxy) is 1. The number of nitrogens with zero attached hydrogens (tertiary/aromatic N) is 3. The number of rotatable bonds is 12. The van der Waals surface area contributed by atoms with E-state index in [1.807, 2.05) is 48.5 Å². The molecule has 2 atom stereocenters. The molecule has 0 saturated carbocycles. The van der Waals surface area contributed by atoms with Gasteiger partial charge in [0.05, 0.1) is 25.1 Å². The Morgan fingerprint density at radius 1 is 1.05 bits per heavy atom. The van der Waals surface area contributed by atoms with Crippen LogP contribution >= 0.6 is 0 Å². The lowest BCUT2D eigenvalue weighted by Crippen LogP contribution is -2.56. The third-order valence-corrected chi connectivity index (χ3v) is 6.72. The summed E-state index contributed by atoms with van der Waals surface area (Å²) in [5, 5.41) is 8.18. The van der Waals surface area contributed by atoms with Crippen LogP contribution in [0.3, 0.4) is 0 Å². The summed E-state index contributed by atoms with van der Waals surface area (Å²) >= 11 is 0. The number of benzene rings is 2. The third kappa shape index (κ3) is 8.48. The van der Waals surface area contributed by atoms with Crippen molar-refractivity contribution in [1.29, 1.82) is 0 Å². The topological polar surface area (TPSA) is 161 Å². The number of amides is 4. The van der Waals surface area contributed by atoms with Gasteiger partial charge in [0, 0.05) is 18.4 Å². The van der Waals surface area contributed by atoms with E-state index < -0.39 is 29.4 Å². The second-order valence-corrected chi connectivity index (χ2v) is 10.8. The van der Waals surface area contributed by atoms with Crippen LogP contribution in [0, 0.1) is 0 Å². The van der Waals surface area contributed by atoms with Gasteiger partial charge in [0.15, 0.2) is 5.82 Å². The van der Waals surface area contributed by atoms with Gasteiger partial charge in [-0.15, -0.1) is 0 Å². The Kier molecular flexibility index (Phi) is 10.0. The lowest BCUT2D eigenvalue weighted by atomic mass is 10.1. The molecule has 222 valence electrons. The molecule has 12 nitrogen and oxygen atoms in total. The fourth-order valence-corrected chi connectivity index (χ4v) is 4.45. The smallest absolute Gasteiger partial charge is 0.250 e. The largest absolute Gasteiger partial charge is 0.374 e. The van der Waals surface area contributed by atoms with E-state index in [0.717, 1.165) is 12.0 Å². The summed E-state index contributed by atoms with van der Waals surface area (Å²) in [6.07, 6.45) is 4.24. The molecule has 4 amide bonds. The predicted octanol–water partition coefficient (Wildman–Crippen LogP) is 1.89. The van der Waals surface area contributed by atoms with Gasteiger partial charge < -0.3 is 35.9 Å². The predicted molar refractivity (Wildman–Crippen MR) is 157 cm³/mol. The van der Waals surface area contributed by atoms with E-state index in [4.69, 9.17) is 10.5 Å². The Bertz CT molecular complexity index is 1370. The molecule has 1 fully saturated rings. The standard InChI is InChI=1S/C30H37N7O5/c1-30(2,31)29(41)34-23(19-42-18-21-10-5-3-6-11-21)27(39)35-25-16-36(20-32-25)17-26(38)37-15-9-14-24(37)28(40)33-22-12-7-4-8-13-22/h3-8,10-13,16,20,23-24H,9,14-15,17-19,31H2,1-2H3,(H,33,40)(H,34,41)(H,35,39)/t23-,24+/m1/s1. The molecule has 1 aliphatic rings. The van der Waals surface area contributed by atoms with Crippen molar-refractivity contribution in [2.45, 2.75) is 57.5 Å². The number of hydrogen-bond acceptors (Lipinski definition) is 7. The Balaban J connectivity index is 1.34. The fourth-order valence-electron chi connectivity index (χ4n) is 4.45. The van der Waals surface area contributed by atoms with Gasteiger partial charge in [-0.1, -0.05) is 48.5 Å². The van der Waals surface area contributed by atoms with Gasteiger partial charge in [0.1, 0.15) is 18.6 Å². The summed E-state index contributed by atoms with van der Waals surface area (Å²) in [5.41, 5.74) is 6.30. The Labute approximate surface area is 244 Å². The van der Waals surface area contributed by atoms with E-state index in [1.165, 1.54) is 30.9 Å². The molecule has 4 rings (SSSR count). The van der Waals surface area contributed by atoms with E-state index in [9.17, 15) is 19.2 Å². The van der Waals surface area contributed by atoms with E-state index >= 15 is 0 Å². The van der Waals surface area contributed by atoms with Crippen molar-refractivity contribution in [3.8, 4) is 0 Å². The third-order valence-electron chi connectivity index (χ3n) is 6.72. The lowest BCUT2D eigenvalue weighted by Gasteiger charge is -2.24. The normalized spacial score (nSPS) is 15.6. The van der Waals surface area contributed by atoms with Crippen LogP contribution in [0.2, 0.25) is 0 Å². The molecule has 0 radical (unpaired) electrons. The van der Waals surface area contributed by atoms with Crippen LogP contribution < -0.4 is 21.7 Å². The molecular formula is C30H37N7O5. The molecule has 2 heterocycles. The van der Waals surface area contributed by atoms with Gasteiger partial charge in [0.2, 0.25) is 17.7 Å². The fraction of sp³-hybridized carbons (Fsp3) is 0.367. The highest BCUT2D eigenvalue weighted by Crippen LogP contribution is 2.20. The van der Waals surface area contributed by atoms with E-state index in [1.54, 1.807) is 17.0 Å². The first-order valence-electron chi connectivity index (χ1n) is 13.8. The maximum atomic E-state index is 13.1. The molecule has 1 aliphatic heterocycles. The number of carbonyl (C=O) groups is 4. The lowest BCUT2D eigenvalue weighted by molar-refractivity contribution is -0.137. The monoisotopic (exact) mass is 575 g/mol. The highest BCUT2D eigenvalue weighted by molar-refractivity contribution is 5.98. The highest BCUT2D eigenvalue weighted by Gasteiger charge is 2.34. The maximum absolute atomic E-state index is 13.1. The van der Waals surface area contributed by atoms with E-state index in [-0.39, 0.29) is 37.4 Å². The number of imidazole rings is 1. The molecule has 12 heteroatoms. The molecule has 3 aromatic rings. The summed E-state index contributed by atoms with van der Waals surface area (Å²) in [6.45, 7) is 3.66. The summed E-state index contributed by atoms with van der Waals surface area (Å²) in [6, 6.07) is 16.9. The quantitative estimate of drug-likeness (QED) is 0.256. The number of aromatic nitrogens is 2. The van der Waals surface area contributed by atoms with Crippen molar-refractivity contribution in [2.75, 3.05) is 23.8 Å². The van der Waals surface area contributed by atoms with E-state index in [2.05, 4.69) is 20.9 Å². The van der Waals surface area contributed by atoms with Gasteiger partial charge in [0.25, 0.3) is 5.91 Å². The summed E-state index contributed by atoms with van der Waals surface area (Å²) in [4.78, 5) is 57.4. The zero-order chi connectivity index (χ0) is 30.1. The minimum Gasteiger partial charge on any atom is -0.374 e. The molecule has 0 aliphatic carbocycles. The zero-order valence-electron chi connectivity index (χ0n) is 23.8. The maximum Gasteiger partial charge on any atom is 0.250 e. The molecule has 0 unspecified atom stereocenters. The van der Waals surface area contributed by atoms with E-state index in [0.29, 0.717) is 18.7 Å². The van der Waals surface area contributed by atoms with Crippen molar-refractivity contribution >= 4 is 35.1 Å². The number of nitrogens with two attached hydrogens (primary N) is 1. The molecule has 1 saturated heterocycles. The Morgan fingerprint density at radius 3 is 2.43 bits per heavy atom.